The number of hydrogen-bond acceptors (Lipinski definition) is 13. The van der Waals surface area contributed by atoms with Gasteiger partial charge in [0, 0.05) is 0 Å². The monoisotopic (exact) mass is 464 g/mol. The van der Waals surface area contributed by atoms with E-state index >= 15 is 0 Å². The Hall–Kier alpha value is -3.22. The second-order valence-electron chi connectivity index (χ2n) is 6.19. The van der Waals surface area contributed by atoms with E-state index in [0.29, 0.717) is 0 Å². The quantitative estimate of drug-likeness (QED) is 0.235. The van der Waals surface area contributed by atoms with Crippen LogP contribution in [0.2, 0.25) is 0 Å². The highest BCUT2D eigenvalue weighted by atomic mass is 16.6. The van der Waals surface area contributed by atoms with Gasteiger partial charge < -0.3 is 33.5 Å². The molecule has 0 aromatic heterocycles. The van der Waals surface area contributed by atoms with Gasteiger partial charge in [-0.3, -0.25) is 28.8 Å². The second kappa shape index (κ2) is 16.5. The molecule has 2 atom stereocenters. The fourth-order valence-corrected chi connectivity index (χ4v) is 1.98. The molecule has 0 aliphatic carbocycles. The minimum absolute atomic E-state index is 0.227. The molecule has 0 aliphatic rings. The molecule has 0 aromatic carbocycles. The third-order valence-corrected chi connectivity index (χ3v) is 3.82. The van der Waals surface area contributed by atoms with Crippen LogP contribution in [-0.2, 0) is 57.2 Å². The molecule has 0 saturated carbocycles. The highest BCUT2D eigenvalue weighted by Crippen LogP contribution is 2.08. The van der Waals surface area contributed by atoms with E-state index < -0.39 is 61.2 Å². The molecule has 0 heterocycles. The number of aliphatic hydroxyl groups excluding tert-OH is 1. The van der Waals surface area contributed by atoms with Crippen molar-refractivity contribution in [3.8, 4) is 0 Å². The third kappa shape index (κ3) is 13.9. The van der Waals surface area contributed by atoms with Crippen molar-refractivity contribution in [3.63, 3.8) is 0 Å². The first-order valence-electron chi connectivity index (χ1n) is 9.52. The topological polar surface area (TPSA) is 178 Å². The molecule has 0 spiro atoms. The lowest BCUT2D eigenvalue weighted by molar-refractivity contribution is -0.172. The number of methoxy groups -OCH3 is 3. The standard InChI is InChI=1S/C19H28O13/c1-27-14(21)4-7-17(24)30-10-12(20)13(32-19(26)9-6-16(23)29-3)11-31-18(25)8-5-15(22)28-2/h12-13,20H,4-11H2,1-3H3. The highest BCUT2D eigenvalue weighted by Gasteiger charge is 2.27. The Morgan fingerprint density at radius 1 is 0.562 bits per heavy atom. The minimum Gasteiger partial charge on any atom is -0.469 e. The predicted molar refractivity (Wildman–Crippen MR) is 102 cm³/mol. The first-order chi connectivity index (χ1) is 15.1. The SMILES string of the molecule is COC(=O)CCC(=O)OCC(O)C(COC(=O)CCC(=O)OC)OC(=O)CCC(=O)OC. The number of aliphatic hydroxyl groups is 1. The van der Waals surface area contributed by atoms with E-state index in [9.17, 15) is 33.9 Å². The zero-order chi connectivity index (χ0) is 24.5. The van der Waals surface area contributed by atoms with Crippen LogP contribution in [-0.4, -0.2) is 87.7 Å². The average Bonchev–Trinajstić information content (AvgIpc) is 2.79. The van der Waals surface area contributed by atoms with Gasteiger partial charge >= 0.3 is 35.8 Å². The third-order valence-electron chi connectivity index (χ3n) is 3.82. The van der Waals surface area contributed by atoms with Crippen LogP contribution < -0.4 is 0 Å². The zero-order valence-electron chi connectivity index (χ0n) is 18.2. The summed E-state index contributed by atoms with van der Waals surface area (Å²) in [7, 11) is 3.45. The summed E-state index contributed by atoms with van der Waals surface area (Å²) in [4.78, 5) is 68.5. The molecule has 0 saturated heterocycles. The van der Waals surface area contributed by atoms with E-state index in [-0.39, 0.29) is 38.5 Å². The number of hydrogen-bond donors (Lipinski definition) is 1. The summed E-state index contributed by atoms with van der Waals surface area (Å²) in [5.41, 5.74) is 0. The van der Waals surface area contributed by atoms with Crippen LogP contribution in [0.25, 0.3) is 0 Å². The maximum atomic E-state index is 11.9. The fraction of sp³-hybridized carbons (Fsp3) is 0.684. The molecule has 0 fully saturated rings. The van der Waals surface area contributed by atoms with Crippen LogP contribution in [0, 0.1) is 0 Å². The second-order valence-corrected chi connectivity index (χ2v) is 6.19. The lowest BCUT2D eigenvalue weighted by Gasteiger charge is -2.23. The summed E-state index contributed by atoms with van der Waals surface area (Å²) in [6.07, 6.45) is -4.75. The van der Waals surface area contributed by atoms with Gasteiger partial charge in [0.25, 0.3) is 0 Å². The van der Waals surface area contributed by atoms with Gasteiger partial charge in [-0.15, -0.1) is 0 Å². The van der Waals surface area contributed by atoms with Crippen molar-refractivity contribution in [2.75, 3.05) is 34.5 Å². The Balaban J connectivity index is 4.80. The number of rotatable bonds is 15. The van der Waals surface area contributed by atoms with E-state index in [2.05, 4.69) is 14.2 Å². The van der Waals surface area contributed by atoms with Crippen LogP contribution in [0.5, 0.6) is 0 Å². The summed E-state index contributed by atoms with van der Waals surface area (Å²) < 4.78 is 27.9. The van der Waals surface area contributed by atoms with E-state index in [0.717, 1.165) is 21.3 Å². The van der Waals surface area contributed by atoms with Gasteiger partial charge in [-0.2, -0.15) is 0 Å². The molecule has 182 valence electrons. The largest absolute Gasteiger partial charge is 0.469 e. The first-order valence-corrected chi connectivity index (χ1v) is 9.52. The molecule has 13 nitrogen and oxygen atoms in total. The van der Waals surface area contributed by atoms with Crippen molar-refractivity contribution in [1.82, 2.24) is 0 Å². The van der Waals surface area contributed by atoms with Gasteiger partial charge in [0.2, 0.25) is 0 Å². The van der Waals surface area contributed by atoms with E-state index in [1.165, 1.54) is 0 Å². The van der Waals surface area contributed by atoms with Gasteiger partial charge in [0.05, 0.1) is 59.9 Å². The van der Waals surface area contributed by atoms with E-state index in [4.69, 9.17) is 14.2 Å². The Bertz CT molecular complexity index is 658. The highest BCUT2D eigenvalue weighted by molar-refractivity contribution is 5.79. The Kier molecular flexibility index (Phi) is 14.8. The van der Waals surface area contributed by atoms with Crippen molar-refractivity contribution in [1.29, 1.82) is 0 Å². The van der Waals surface area contributed by atoms with Crippen molar-refractivity contribution < 1.29 is 62.3 Å². The summed E-state index contributed by atoms with van der Waals surface area (Å²) in [6, 6.07) is 0. The Morgan fingerprint density at radius 3 is 1.31 bits per heavy atom. The molecular formula is C19H28O13. The molecule has 0 radical (unpaired) electrons. The van der Waals surface area contributed by atoms with Crippen LogP contribution in [0.1, 0.15) is 38.5 Å². The van der Waals surface area contributed by atoms with E-state index in [1.54, 1.807) is 0 Å². The number of ether oxygens (including phenoxy) is 6. The molecule has 0 bridgehead atoms. The number of esters is 6. The van der Waals surface area contributed by atoms with Crippen molar-refractivity contribution in [3.05, 3.63) is 0 Å². The molecular weight excluding hydrogens is 436 g/mol. The molecule has 0 rings (SSSR count). The molecule has 13 heteroatoms. The molecule has 0 amide bonds. The van der Waals surface area contributed by atoms with Crippen LogP contribution in [0.3, 0.4) is 0 Å². The van der Waals surface area contributed by atoms with Crippen LogP contribution in [0.4, 0.5) is 0 Å². The first kappa shape index (κ1) is 28.8. The molecule has 1 N–H and O–H groups in total. The van der Waals surface area contributed by atoms with Crippen LogP contribution in [0.15, 0.2) is 0 Å². The normalized spacial score (nSPS) is 12.0. The average molecular weight is 464 g/mol. The summed E-state index contributed by atoms with van der Waals surface area (Å²) in [6.45, 7) is -1.24. The van der Waals surface area contributed by atoms with Gasteiger partial charge in [-0.25, -0.2) is 0 Å². The summed E-state index contributed by atoms with van der Waals surface area (Å²) in [5.74, 6) is -4.46. The van der Waals surface area contributed by atoms with Gasteiger partial charge in [0.1, 0.15) is 19.3 Å². The molecule has 32 heavy (non-hydrogen) atoms. The van der Waals surface area contributed by atoms with Crippen molar-refractivity contribution >= 4 is 35.8 Å². The zero-order valence-corrected chi connectivity index (χ0v) is 18.2. The van der Waals surface area contributed by atoms with Crippen LogP contribution >= 0.6 is 0 Å². The van der Waals surface area contributed by atoms with Gasteiger partial charge in [-0.1, -0.05) is 0 Å². The maximum absolute atomic E-state index is 11.9. The van der Waals surface area contributed by atoms with Gasteiger partial charge in [-0.05, 0) is 0 Å². The number of carbonyl (C=O) groups is 6. The van der Waals surface area contributed by atoms with E-state index in [1.807, 2.05) is 0 Å². The van der Waals surface area contributed by atoms with Crippen molar-refractivity contribution in [2.45, 2.75) is 50.7 Å². The maximum Gasteiger partial charge on any atom is 0.306 e. The number of carbonyl (C=O) groups excluding carboxylic acids is 6. The lowest BCUT2D eigenvalue weighted by Crippen LogP contribution is -2.39. The fourth-order valence-electron chi connectivity index (χ4n) is 1.98. The van der Waals surface area contributed by atoms with Gasteiger partial charge in [0.15, 0.2) is 6.10 Å². The summed E-state index contributed by atoms with van der Waals surface area (Å²) >= 11 is 0. The Labute approximate surface area is 184 Å². The molecule has 0 aliphatic heterocycles. The lowest BCUT2D eigenvalue weighted by atomic mass is 10.2. The predicted octanol–water partition coefficient (Wildman–Crippen LogP) is -0.795. The summed E-state index contributed by atoms with van der Waals surface area (Å²) in [5, 5.41) is 10.2. The smallest absolute Gasteiger partial charge is 0.306 e. The molecule has 2 unspecified atom stereocenters. The van der Waals surface area contributed by atoms with Crippen molar-refractivity contribution in [2.24, 2.45) is 0 Å². The molecule has 0 aromatic rings. The Morgan fingerprint density at radius 2 is 0.906 bits per heavy atom. The minimum atomic E-state index is -1.59.